The smallest absolute Gasteiger partial charge is 0.269 e. The first kappa shape index (κ1) is 14.1. The summed E-state index contributed by atoms with van der Waals surface area (Å²) in [5.74, 6) is -0.421. The Morgan fingerprint density at radius 3 is 2.67 bits per heavy atom. The zero-order chi connectivity index (χ0) is 13.6. The first-order chi connectivity index (χ1) is 8.42. The second kappa shape index (κ2) is 6.09. The molecule has 8 heteroatoms. The van der Waals surface area contributed by atoms with Gasteiger partial charge in [-0.05, 0) is 12.1 Å². The van der Waals surface area contributed by atoms with Crippen LogP contribution in [0.15, 0.2) is 18.3 Å². The summed E-state index contributed by atoms with van der Waals surface area (Å²) in [7, 11) is -3.25. The highest BCUT2D eigenvalue weighted by Gasteiger charge is 2.06. The zero-order valence-corrected chi connectivity index (χ0v) is 10.5. The molecule has 0 fully saturated rings. The molecule has 0 aromatic carbocycles. The lowest BCUT2D eigenvalue weighted by atomic mass is 10.2. The highest BCUT2D eigenvalue weighted by molar-refractivity contribution is 7.88. The molecular weight excluding hydrogens is 256 g/mol. The molecule has 0 radical (unpaired) electrons. The molecule has 1 aromatic heterocycles. The summed E-state index contributed by atoms with van der Waals surface area (Å²) in [4.78, 5) is 15.3. The minimum absolute atomic E-state index is 0.112. The van der Waals surface area contributed by atoms with Crippen LogP contribution >= 0.6 is 0 Å². The number of carbonyl (C=O) groups is 1. The molecule has 96 valence electrons. The average molecular weight is 268 g/mol. The van der Waals surface area contributed by atoms with Gasteiger partial charge in [0.2, 0.25) is 10.0 Å². The maximum absolute atomic E-state index is 11.5. The van der Waals surface area contributed by atoms with E-state index < -0.39 is 15.9 Å². The normalized spacial score (nSPS) is 10.7. The molecule has 1 heterocycles. The predicted octanol–water partition coefficient (Wildman–Crippen LogP) is -0.768. The molecule has 1 amide bonds. The topological polar surface area (TPSA) is 112 Å². The first-order valence-electron chi connectivity index (χ1n) is 5.01. The summed E-state index contributed by atoms with van der Waals surface area (Å²) in [6, 6.07) is 4.80. The van der Waals surface area contributed by atoms with Gasteiger partial charge in [0.1, 0.15) is 11.8 Å². The molecule has 0 aliphatic rings. The fraction of sp³-hybridized carbons (Fsp3) is 0.300. The van der Waals surface area contributed by atoms with E-state index in [1.54, 1.807) is 0 Å². The van der Waals surface area contributed by atoms with Crippen molar-refractivity contribution in [3.05, 3.63) is 29.6 Å². The van der Waals surface area contributed by atoms with Crippen LogP contribution in [0.2, 0.25) is 0 Å². The van der Waals surface area contributed by atoms with Gasteiger partial charge >= 0.3 is 0 Å². The summed E-state index contributed by atoms with van der Waals surface area (Å²) in [5.41, 5.74) is 0.540. The Morgan fingerprint density at radius 1 is 1.44 bits per heavy atom. The number of hydrogen-bond donors (Lipinski definition) is 2. The first-order valence-corrected chi connectivity index (χ1v) is 6.90. The van der Waals surface area contributed by atoms with Crippen molar-refractivity contribution in [3.63, 3.8) is 0 Å². The standard InChI is InChI=1S/C10H12N4O3S/c1-18(16,17)14-5-4-12-10(15)9-3-2-8(6-11)7-13-9/h2-3,7,14H,4-5H2,1H3,(H,12,15). The lowest BCUT2D eigenvalue weighted by molar-refractivity contribution is 0.0949. The summed E-state index contributed by atoms with van der Waals surface area (Å²) >= 11 is 0. The molecule has 0 atom stereocenters. The molecule has 0 spiro atoms. The van der Waals surface area contributed by atoms with E-state index in [1.165, 1.54) is 18.3 Å². The van der Waals surface area contributed by atoms with Crippen LogP contribution in [0.3, 0.4) is 0 Å². The Labute approximate surface area is 105 Å². The van der Waals surface area contributed by atoms with Gasteiger partial charge in [-0.25, -0.2) is 18.1 Å². The van der Waals surface area contributed by atoms with Crippen LogP contribution in [-0.2, 0) is 10.0 Å². The van der Waals surface area contributed by atoms with Crippen LogP contribution in [-0.4, -0.2) is 38.7 Å². The summed E-state index contributed by atoms with van der Waals surface area (Å²) in [5, 5.41) is 11.1. The quantitative estimate of drug-likeness (QED) is 0.681. The molecule has 1 rings (SSSR count). The van der Waals surface area contributed by atoms with Gasteiger partial charge in [0.05, 0.1) is 11.8 Å². The number of nitrogens with one attached hydrogen (secondary N) is 2. The van der Waals surface area contributed by atoms with Crippen molar-refractivity contribution < 1.29 is 13.2 Å². The maximum atomic E-state index is 11.5. The zero-order valence-electron chi connectivity index (χ0n) is 9.67. The molecule has 2 N–H and O–H groups in total. The molecule has 18 heavy (non-hydrogen) atoms. The lowest BCUT2D eigenvalue weighted by Crippen LogP contribution is -2.34. The molecule has 7 nitrogen and oxygen atoms in total. The Bertz CT molecular complexity index is 560. The van der Waals surface area contributed by atoms with Crippen LogP contribution in [0, 0.1) is 11.3 Å². The van der Waals surface area contributed by atoms with Crippen LogP contribution in [0.25, 0.3) is 0 Å². The number of nitriles is 1. The molecule has 1 aromatic rings. The van der Waals surface area contributed by atoms with Gasteiger partial charge in [-0.2, -0.15) is 5.26 Å². The highest BCUT2D eigenvalue weighted by Crippen LogP contribution is 1.98. The van der Waals surface area contributed by atoms with Gasteiger partial charge in [0, 0.05) is 19.3 Å². The lowest BCUT2D eigenvalue weighted by Gasteiger charge is -2.05. The van der Waals surface area contributed by atoms with E-state index in [-0.39, 0.29) is 18.8 Å². The highest BCUT2D eigenvalue weighted by atomic mass is 32.2. The van der Waals surface area contributed by atoms with Crippen LogP contribution in [0.1, 0.15) is 16.1 Å². The number of aromatic nitrogens is 1. The summed E-state index contributed by atoms with van der Waals surface area (Å²) < 4.78 is 23.7. The van der Waals surface area contributed by atoms with Gasteiger partial charge in [-0.15, -0.1) is 0 Å². The maximum Gasteiger partial charge on any atom is 0.269 e. The van der Waals surface area contributed by atoms with Gasteiger partial charge in [0.15, 0.2) is 0 Å². The van der Waals surface area contributed by atoms with Gasteiger partial charge in [-0.1, -0.05) is 0 Å². The number of rotatable bonds is 5. The van der Waals surface area contributed by atoms with Gasteiger partial charge in [-0.3, -0.25) is 4.79 Å². The van der Waals surface area contributed by atoms with E-state index in [2.05, 4.69) is 15.0 Å². The Balaban J connectivity index is 2.43. The van der Waals surface area contributed by atoms with Crippen molar-refractivity contribution in [1.82, 2.24) is 15.0 Å². The summed E-state index contributed by atoms with van der Waals surface area (Å²) in [6.45, 7) is 0.272. The molecule has 0 aliphatic heterocycles. The number of nitrogens with zero attached hydrogens (tertiary/aromatic N) is 2. The second-order valence-electron chi connectivity index (χ2n) is 3.47. The Morgan fingerprint density at radius 2 is 2.17 bits per heavy atom. The van der Waals surface area contributed by atoms with E-state index in [0.29, 0.717) is 5.56 Å². The number of carbonyl (C=O) groups excluding carboxylic acids is 1. The Kier molecular flexibility index (Phi) is 4.76. The van der Waals surface area contributed by atoms with E-state index in [1.807, 2.05) is 6.07 Å². The average Bonchev–Trinajstić information content (AvgIpc) is 2.33. The molecule has 0 saturated carbocycles. The van der Waals surface area contributed by atoms with Crippen molar-refractivity contribution in [3.8, 4) is 6.07 Å². The van der Waals surface area contributed by atoms with E-state index >= 15 is 0 Å². The number of amides is 1. The van der Waals surface area contributed by atoms with Crippen molar-refractivity contribution in [1.29, 1.82) is 5.26 Å². The monoisotopic (exact) mass is 268 g/mol. The second-order valence-corrected chi connectivity index (χ2v) is 5.30. The van der Waals surface area contributed by atoms with Crippen molar-refractivity contribution in [2.75, 3.05) is 19.3 Å². The van der Waals surface area contributed by atoms with Gasteiger partial charge in [0.25, 0.3) is 5.91 Å². The third-order valence-electron chi connectivity index (χ3n) is 1.90. The van der Waals surface area contributed by atoms with E-state index in [9.17, 15) is 13.2 Å². The van der Waals surface area contributed by atoms with E-state index in [0.717, 1.165) is 6.26 Å². The van der Waals surface area contributed by atoms with Crippen molar-refractivity contribution >= 4 is 15.9 Å². The van der Waals surface area contributed by atoms with E-state index in [4.69, 9.17) is 5.26 Å². The largest absolute Gasteiger partial charge is 0.349 e. The molecule has 0 saturated heterocycles. The third-order valence-corrected chi connectivity index (χ3v) is 2.63. The Hall–Kier alpha value is -1.98. The fourth-order valence-corrected chi connectivity index (χ4v) is 1.57. The minimum Gasteiger partial charge on any atom is -0.349 e. The molecule has 0 aliphatic carbocycles. The van der Waals surface area contributed by atoms with Crippen molar-refractivity contribution in [2.45, 2.75) is 0 Å². The molecule has 0 bridgehead atoms. The molecule has 0 unspecified atom stereocenters. The van der Waals surface area contributed by atoms with Crippen molar-refractivity contribution in [2.24, 2.45) is 0 Å². The summed E-state index contributed by atoms with van der Waals surface area (Å²) in [6.07, 6.45) is 2.33. The predicted molar refractivity (Wildman–Crippen MR) is 64.1 cm³/mol. The SMILES string of the molecule is CS(=O)(=O)NCCNC(=O)c1ccc(C#N)cn1. The van der Waals surface area contributed by atoms with Crippen LogP contribution in [0.5, 0.6) is 0 Å². The molecular formula is C10H12N4O3S. The third kappa shape index (κ3) is 4.90. The number of hydrogen-bond acceptors (Lipinski definition) is 5. The van der Waals surface area contributed by atoms with Gasteiger partial charge < -0.3 is 5.32 Å². The number of sulfonamides is 1. The fourth-order valence-electron chi connectivity index (χ4n) is 1.10. The number of pyridine rings is 1. The minimum atomic E-state index is -3.25. The van der Waals surface area contributed by atoms with Crippen LogP contribution < -0.4 is 10.0 Å². The van der Waals surface area contributed by atoms with Crippen LogP contribution in [0.4, 0.5) is 0 Å².